The van der Waals surface area contributed by atoms with Crippen LogP contribution in [0.1, 0.15) is 37.8 Å². The molecule has 0 aliphatic heterocycles. The summed E-state index contributed by atoms with van der Waals surface area (Å²) in [5.74, 6) is 0.145. The van der Waals surface area contributed by atoms with Crippen LogP contribution in [0.15, 0.2) is 24.4 Å². The lowest BCUT2D eigenvalue weighted by Gasteiger charge is -2.28. The van der Waals surface area contributed by atoms with Crippen molar-refractivity contribution in [1.82, 2.24) is 9.88 Å². The Morgan fingerprint density at radius 2 is 2.16 bits per heavy atom. The number of hydrogen-bond donors (Lipinski definition) is 1. The molecular formula is C15H22N2O2. The lowest BCUT2D eigenvalue weighted by molar-refractivity contribution is -0.134. The maximum Gasteiger partial charge on any atom is 0.223 e. The van der Waals surface area contributed by atoms with Gasteiger partial charge in [-0.2, -0.15) is 0 Å². The summed E-state index contributed by atoms with van der Waals surface area (Å²) < 4.78 is 0. The van der Waals surface area contributed by atoms with Crippen LogP contribution in [0, 0.1) is 0 Å². The Balaban J connectivity index is 1.88. The number of amides is 1. The summed E-state index contributed by atoms with van der Waals surface area (Å²) in [6, 6.07) is 6.10. The number of pyridine rings is 1. The highest BCUT2D eigenvalue weighted by atomic mass is 16.3. The molecule has 0 spiro atoms. The summed E-state index contributed by atoms with van der Waals surface area (Å²) in [4.78, 5) is 18.4. The molecule has 1 aromatic heterocycles. The monoisotopic (exact) mass is 262 g/mol. The summed E-state index contributed by atoms with van der Waals surface area (Å²) >= 11 is 0. The third kappa shape index (κ3) is 4.03. The molecule has 1 amide bonds. The van der Waals surface area contributed by atoms with Crippen LogP contribution in [0.3, 0.4) is 0 Å². The lowest BCUT2D eigenvalue weighted by atomic mass is 10.1. The Labute approximate surface area is 114 Å². The van der Waals surface area contributed by atoms with Gasteiger partial charge >= 0.3 is 0 Å². The van der Waals surface area contributed by atoms with E-state index in [-0.39, 0.29) is 12.5 Å². The van der Waals surface area contributed by atoms with Gasteiger partial charge in [-0.25, -0.2) is 0 Å². The minimum absolute atomic E-state index is 0.0474. The maximum absolute atomic E-state index is 12.3. The third-order valence-corrected chi connectivity index (χ3v) is 3.75. The van der Waals surface area contributed by atoms with Gasteiger partial charge in [-0.3, -0.25) is 9.78 Å². The molecule has 0 radical (unpaired) electrons. The molecule has 0 bridgehead atoms. The smallest absolute Gasteiger partial charge is 0.223 e. The van der Waals surface area contributed by atoms with Crippen LogP contribution < -0.4 is 0 Å². The number of nitrogens with zero attached hydrogens (tertiary/aromatic N) is 2. The number of carbonyl (C=O) groups is 1. The average molecular weight is 262 g/mol. The molecule has 0 atom stereocenters. The molecule has 1 aliphatic rings. The summed E-state index contributed by atoms with van der Waals surface area (Å²) in [7, 11) is 0. The van der Waals surface area contributed by atoms with Gasteiger partial charge in [-0.05, 0) is 31.4 Å². The highest BCUT2D eigenvalue weighted by Crippen LogP contribution is 2.24. The maximum atomic E-state index is 12.3. The average Bonchev–Trinajstić information content (AvgIpc) is 2.97. The van der Waals surface area contributed by atoms with Gasteiger partial charge < -0.3 is 10.0 Å². The zero-order chi connectivity index (χ0) is 13.5. The highest BCUT2D eigenvalue weighted by molar-refractivity contribution is 5.76. The molecule has 1 saturated carbocycles. The number of carbonyl (C=O) groups excluding carboxylic acids is 1. The highest BCUT2D eigenvalue weighted by Gasteiger charge is 2.25. The van der Waals surface area contributed by atoms with Gasteiger partial charge in [0.2, 0.25) is 5.91 Å². The minimum Gasteiger partial charge on any atom is -0.395 e. The van der Waals surface area contributed by atoms with E-state index in [0.29, 0.717) is 25.4 Å². The van der Waals surface area contributed by atoms with E-state index in [1.54, 1.807) is 6.20 Å². The van der Waals surface area contributed by atoms with Crippen molar-refractivity contribution in [1.29, 1.82) is 0 Å². The quantitative estimate of drug-likeness (QED) is 0.850. The first-order chi connectivity index (χ1) is 9.31. The van der Waals surface area contributed by atoms with E-state index in [0.717, 1.165) is 18.5 Å². The topological polar surface area (TPSA) is 53.4 Å². The minimum atomic E-state index is 0.0474. The van der Waals surface area contributed by atoms with E-state index in [1.165, 1.54) is 12.8 Å². The fraction of sp³-hybridized carbons (Fsp3) is 0.600. The zero-order valence-corrected chi connectivity index (χ0v) is 11.3. The predicted octanol–water partition coefficient (Wildman–Crippen LogP) is 1.78. The number of aryl methyl sites for hydroxylation is 1. The van der Waals surface area contributed by atoms with Crippen molar-refractivity contribution in [3.8, 4) is 0 Å². The van der Waals surface area contributed by atoms with Crippen molar-refractivity contribution >= 4 is 5.91 Å². The van der Waals surface area contributed by atoms with Gasteiger partial charge in [-0.15, -0.1) is 0 Å². The SMILES string of the molecule is O=C(CCc1ccccn1)N(CCO)C1CCCC1. The van der Waals surface area contributed by atoms with E-state index in [4.69, 9.17) is 5.11 Å². The largest absolute Gasteiger partial charge is 0.395 e. The second-order valence-electron chi connectivity index (χ2n) is 5.07. The van der Waals surface area contributed by atoms with Crippen LogP contribution in [0.2, 0.25) is 0 Å². The molecule has 1 aromatic rings. The molecule has 0 saturated heterocycles. The molecule has 1 N–H and O–H groups in total. The van der Waals surface area contributed by atoms with Crippen LogP contribution in [-0.4, -0.2) is 40.1 Å². The number of hydrogen-bond acceptors (Lipinski definition) is 3. The van der Waals surface area contributed by atoms with Crippen LogP contribution in [0.25, 0.3) is 0 Å². The molecule has 19 heavy (non-hydrogen) atoms. The van der Waals surface area contributed by atoms with Gasteiger partial charge in [0.15, 0.2) is 0 Å². The normalized spacial score (nSPS) is 15.6. The molecule has 104 valence electrons. The molecule has 4 heteroatoms. The lowest BCUT2D eigenvalue weighted by Crippen LogP contribution is -2.40. The molecule has 1 aliphatic carbocycles. The number of aliphatic hydroxyl groups excluding tert-OH is 1. The van der Waals surface area contributed by atoms with Gasteiger partial charge in [0.25, 0.3) is 0 Å². The molecule has 2 rings (SSSR count). The summed E-state index contributed by atoms with van der Waals surface area (Å²) in [5, 5.41) is 9.12. The Morgan fingerprint density at radius 3 is 2.79 bits per heavy atom. The second kappa shape index (κ2) is 7.24. The van der Waals surface area contributed by atoms with E-state index in [9.17, 15) is 4.79 Å². The Bertz CT molecular complexity index is 388. The summed E-state index contributed by atoms with van der Waals surface area (Å²) in [6.07, 6.45) is 7.45. The first-order valence-electron chi connectivity index (χ1n) is 7.11. The summed E-state index contributed by atoms with van der Waals surface area (Å²) in [6.45, 7) is 0.511. The Hall–Kier alpha value is -1.42. The first-order valence-corrected chi connectivity index (χ1v) is 7.11. The summed E-state index contributed by atoms with van der Waals surface area (Å²) in [5.41, 5.74) is 0.950. The molecule has 1 heterocycles. The fourth-order valence-electron chi connectivity index (χ4n) is 2.76. The van der Waals surface area contributed by atoms with Gasteiger partial charge in [0, 0.05) is 30.9 Å². The molecule has 1 fully saturated rings. The van der Waals surface area contributed by atoms with Crippen molar-refractivity contribution < 1.29 is 9.90 Å². The van der Waals surface area contributed by atoms with E-state index in [1.807, 2.05) is 23.1 Å². The van der Waals surface area contributed by atoms with Crippen molar-refractivity contribution in [2.45, 2.75) is 44.6 Å². The van der Waals surface area contributed by atoms with Gasteiger partial charge in [0.05, 0.1) is 6.61 Å². The van der Waals surface area contributed by atoms with Crippen LogP contribution in [0.5, 0.6) is 0 Å². The third-order valence-electron chi connectivity index (χ3n) is 3.75. The number of aliphatic hydroxyl groups is 1. The van der Waals surface area contributed by atoms with Crippen molar-refractivity contribution in [3.05, 3.63) is 30.1 Å². The fourth-order valence-corrected chi connectivity index (χ4v) is 2.76. The second-order valence-corrected chi connectivity index (χ2v) is 5.07. The number of rotatable bonds is 6. The van der Waals surface area contributed by atoms with Crippen molar-refractivity contribution in [2.24, 2.45) is 0 Å². The van der Waals surface area contributed by atoms with Crippen LogP contribution in [0.4, 0.5) is 0 Å². The molecular weight excluding hydrogens is 240 g/mol. The Morgan fingerprint density at radius 1 is 1.37 bits per heavy atom. The van der Waals surface area contributed by atoms with Gasteiger partial charge in [0.1, 0.15) is 0 Å². The standard InChI is InChI=1S/C15H22N2O2/c18-12-11-17(14-6-1-2-7-14)15(19)9-8-13-5-3-4-10-16-13/h3-5,10,14,18H,1-2,6-9,11-12H2. The molecule has 0 aromatic carbocycles. The number of aromatic nitrogens is 1. The first kappa shape index (κ1) is 14.0. The van der Waals surface area contributed by atoms with Crippen molar-refractivity contribution in [3.63, 3.8) is 0 Å². The zero-order valence-electron chi connectivity index (χ0n) is 11.3. The predicted molar refractivity (Wildman–Crippen MR) is 73.6 cm³/mol. The molecule has 0 unspecified atom stereocenters. The molecule has 4 nitrogen and oxygen atoms in total. The van der Waals surface area contributed by atoms with E-state index >= 15 is 0 Å². The van der Waals surface area contributed by atoms with Crippen molar-refractivity contribution in [2.75, 3.05) is 13.2 Å². The van der Waals surface area contributed by atoms with Gasteiger partial charge in [-0.1, -0.05) is 18.9 Å². The van der Waals surface area contributed by atoms with Crippen LogP contribution in [-0.2, 0) is 11.2 Å². The Kier molecular flexibility index (Phi) is 5.33. The van der Waals surface area contributed by atoms with Crippen LogP contribution >= 0.6 is 0 Å². The van der Waals surface area contributed by atoms with E-state index in [2.05, 4.69) is 4.98 Å². The van der Waals surface area contributed by atoms with E-state index < -0.39 is 0 Å².